The van der Waals surface area contributed by atoms with Crippen LogP contribution in [-0.2, 0) is 9.59 Å². The van der Waals surface area contributed by atoms with Gasteiger partial charge in [-0.05, 0) is 32.1 Å². The van der Waals surface area contributed by atoms with Crippen molar-refractivity contribution >= 4 is 11.8 Å². The van der Waals surface area contributed by atoms with Gasteiger partial charge in [0.05, 0.1) is 12.2 Å². The van der Waals surface area contributed by atoms with E-state index in [1.165, 1.54) is 0 Å². The zero-order chi connectivity index (χ0) is 20.1. The SMILES string of the molecule is CC/C=C\C[C@H]1C(=O)C[C@@H](O)[C@H]1/C=C/[C@H](O)C/C=C\C/C=C\CCC(=O)O. The summed E-state index contributed by atoms with van der Waals surface area (Å²) in [4.78, 5) is 22.4. The number of hydrogen-bond acceptors (Lipinski definition) is 4. The predicted molar refractivity (Wildman–Crippen MR) is 106 cm³/mol. The van der Waals surface area contributed by atoms with E-state index < -0.39 is 18.2 Å². The molecule has 1 aliphatic rings. The molecule has 0 bridgehead atoms. The number of carbonyl (C=O) groups excluding carboxylic acids is 1. The molecule has 5 nitrogen and oxygen atoms in total. The lowest BCUT2D eigenvalue weighted by molar-refractivity contribution is -0.136. The minimum atomic E-state index is -0.803. The molecule has 1 rings (SSSR count). The number of Topliss-reactive ketones (excluding diaryl/α,β-unsaturated/α-hetero) is 1. The van der Waals surface area contributed by atoms with E-state index in [4.69, 9.17) is 5.11 Å². The van der Waals surface area contributed by atoms with Crippen molar-refractivity contribution in [1.82, 2.24) is 0 Å². The molecule has 0 unspecified atom stereocenters. The Kier molecular flexibility index (Phi) is 11.3. The number of aliphatic hydroxyl groups is 2. The first-order valence-electron chi connectivity index (χ1n) is 9.69. The van der Waals surface area contributed by atoms with Crippen LogP contribution in [0, 0.1) is 11.8 Å². The summed E-state index contributed by atoms with van der Waals surface area (Å²) in [6, 6.07) is 0. The summed E-state index contributed by atoms with van der Waals surface area (Å²) in [5.74, 6) is -1.17. The highest BCUT2D eigenvalue weighted by Gasteiger charge is 2.39. The Bertz CT molecular complexity index is 573. The summed E-state index contributed by atoms with van der Waals surface area (Å²) in [7, 11) is 0. The number of allylic oxidation sites excluding steroid dienone is 5. The second kappa shape index (κ2) is 13.2. The quantitative estimate of drug-likeness (QED) is 0.453. The molecular formula is C22H32O5. The zero-order valence-corrected chi connectivity index (χ0v) is 16.0. The molecule has 5 heteroatoms. The third kappa shape index (κ3) is 9.50. The molecule has 0 heterocycles. The van der Waals surface area contributed by atoms with Gasteiger partial charge in [-0.1, -0.05) is 55.5 Å². The summed E-state index contributed by atoms with van der Waals surface area (Å²) in [5, 5.41) is 28.7. The van der Waals surface area contributed by atoms with E-state index in [1.54, 1.807) is 12.2 Å². The first kappa shape index (κ1) is 23.1. The molecule has 0 aromatic rings. The topological polar surface area (TPSA) is 94.8 Å². The van der Waals surface area contributed by atoms with Crippen LogP contribution in [0.2, 0.25) is 0 Å². The lowest BCUT2D eigenvalue weighted by Gasteiger charge is -2.16. The molecule has 3 N–H and O–H groups in total. The maximum atomic E-state index is 12.0. The van der Waals surface area contributed by atoms with Crippen LogP contribution in [0.4, 0.5) is 0 Å². The van der Waals surface area contributed by atoms with E-state index in [-0.39, 0.29) is 30.5 Å². The number of aliphatic carboxylic acids is 1. The van der Waals surface area contributed by atoms with Gasteiger partial charge in [-0.15, -0.1) is 0 Å². The first-order chi connectivity index (χ1) is 13.0. The number of aliphatic hydroxyl groups excluding tert-OH is 2. The summed E-state index contributed by atoms with van der Waals surface area (Å²) in [6.45, 7) is 2.04. The van der Waals surface area contributed by atoms with Gasteiger partial charge in [0.2, 0.25) is 0 Å². The van der Waals surface area contributed by atoms with Gasteiger partial charge in [0.1, 0.15) is 5.78 Å². The van der Waals surface area contributed by atoms with Gasteiger partial charge in [0.25, 0.3) is 0 Å². The van der Waals surface area contributed by atoms with Crippen LogP contribution in [0.15, 0.2) is 48.6 Å². The maximum absolute atomic E-state index is 12.0. The number of carboxylic acids is 1. The highest BCUT2D eigenvalue weighted by molar-refractivity contribution is 5.84. The number of hydrogen-bond donors (Lipinski definition) is 3. The van der Waals surface area contributed by atoms with E-state index in [0.29, 0.717) is 25.7 Å². The van der Waals surface area contributed by atoms with Crippen LogP contribution in [0.1, 0.15) is 51.9 Å². The Morgan fingerprint density at radius 3 is 2.63 bits per heavy atom. The fourth-order valence-electron chi connectivity index (χ4n) is 3.10. The van der Waals surface area contributed by atoms with Crippen molar-refractivity contribution in [2.45, 2.75) is 64.1 Å². The standard InChI is InChI=1S/C22H32O5/c1-2-3-8-12-18-19(21(25)16-20(18)24)15-14-17(23)11-9-6-4-5-7-10-13-22(26)27/h3,5-9,14-15,17-19,21,23,25H,2,4,10-13,16H2,1H3,(H,26,27)/b7-5-,8-3-,9-6-,15-14+/t17-,18-,19+,21-/m1/s1. The zero-order valence-electron chi connectivity index (χ0n) is 16.0. The Labute approximate surface area is 161 Å². The second-order valence-electron chi connectivity index (χ2n) is 6.84. The maximum Gasteiger partial charge on any atom is 0.303 e. The fraction of sp³-hybridized carbons (Fsp3) is 0.545. The van der Waals surface area contributed by atoms with Crippen molar-refractivity contribution in [2.75, 3.05) is 0 Å². The lowest BCUT2D eigenvalue weighted by Crippen LogP contribution is -2.18. The largest absolute Gasteiger partial charge is 0.481 e. The number of ketones is 1. The van der Waals surface area contributed by atoms with Crippen LogP contribution in [0.5, 0.6) is 0 Å². The van der Waals surface area contributed by atoms with Crippen molar-refractivity contribution in [3.63, 3.8) is 0 Å². The molecule has 150 valence electrons. The molecule has 1 saturated carbocycles. The van der Waals surface area contributed by atoms with E-state index in [9.17, 15) is 19.8 Å². The minimum Gasteiger partial charge on any atom is -0.481 e. The van der Waals surface area contributed by atoms with Crippen molar-refractivity contribution in [2.24, 2.45) is 11.8 Å². The molecule has 0 radical (unpaired) electrons. The van der Waals surface area contributed by atoms with E-state index in [2.05, 4.69) is 0 Å². The van der Waals surface area contributed by atoms with Gasteiger partial charge in [0, 0.05) is 24.7 Å². The summed E-state index contributed by atoms with van der Waals surface area (Å²) < 4.78 is 0. The average Bonchev–Trinajstić information content (AvgIpc) is 2.88. The van der Waals surface area contributed by atoms with Gasteiger partial charge in [-0.25, -0.2) is 0 Å². The second-order valence-corrected chi connectivity index (χ2v) is 6.84. The monoisotopic (exact) mass is 376 g/mol. The molecule has 0 aromatic heterocycles. The molecule has 0 aromatic carbocycles. The number of rotatable bonds is 12. The minimum absolute atomic E-state index is 0.0852. The Balaban J connectivity index is 2.40. The Hall–Kier alpha value is -1.98. The Morgan fingerprint density at radius 2 is 1.93 bits per heavy atom. The molecule has 1 fully saturated rings. The molecule has 0 amide bonds. The normalized spacial score (nSPS) is 24.9. The van der Waals surface area contributed by atoms with Gasteiger partial charge in [-0.2, -0.15) is 0 Å². The van der Waals surface area contributed by atoms with Gasteiger partial charge in [0.15, 0.2) is 0 Å². The summed E-state index contributed by atoms with van der Waals surface area (Å²) >= 11 is 0. The molecular weight excluding hydrogens is 344 g/mol. The Morgan fingerprint density at radius 1 is 1.19 bits per heavy atom. The number of carboxylic acid groups (broad SMARTS) is 1. The summed E-state index contributed by atoms with van der Waals surface area (Å²) in [5.41, 5.74) is 0. The molecule has 0 aliphatic heterocycles. The number of carbonyl (C=O) groups is 2. The van der Waals surface area contributed by atoms with Crippen LogP contribution >= 0.6 is 0 Å². The average molecular weight is 376 g/mol. The van der Waals surface area contributed by atoms with Crippen molar-refractivity contribution in [3.8, 4) is 0 Å². The van der Waals surface area contributed by atoms with Crippen LogP contribution in [0.25, 0.3) is 0 Å². The van der Waals surface area contributed by atoms with E-state index >= 15 is 0 Å². The predicted octanol–water partition coefficient (Wildman–Crippen LogP) is 3.58. The van der Waals surface area contributed by atoms with Crippen LogP contribution in [-0.4, -0.2) is 39.3 Å². The van der Waals surface area contributed by atoms with E-state index in [0.717, 1.165) is 6.42 Å². The molecule has 0 saturated heterocycles. The van der Waals surface area contributed by atoms with Crippen molar-refractivity contribution in [1.29, 1.82) is 0 Å². The molecule has 1 aliphatic carbocycles. The van der Waals surface area contributed by atoms with Gasteiger partial charge >= 0.3 is 5.97 Å². The third-order valence-electron chi connectivity index (χ3n) is 4.59. The van der Waals surface area contributed by atoms with Gasteiger partial charge in [-0.3, -0.25) is 9.59 Å². The third-order valence-corrected chi connectivity index (χ3v) is 4.59. The van der Waals surface area contributed by atoms with Crippen molar-refractivity contribution in [3.05, 3.63) is 48.6 Å². The van der Waals surface area contributed by atoms with Gasteiger partial charge < -0.3 is 15.3 Å². The highest BCUT2D eigenvalue weighted by Crippen LogP contribution is 2.33. The highest BCUT2D eigenvalue weighted by atomic mass is 16.4. The molecule has 4 atom stereocenters. The first-order valence-corrected chi connectivity index (χ1v) is 9.69. The van der Waals surface area contributed by atoms with Crippen LogP contribution < -0.4 is 0 Å². The fourth-order valence-corrected chi connectivity index (χ4v) is 3.10. The van der Waals surface area contributed by atoms with E-state index in [1.807, 2.05) is 43.4 Å². The lowest BCUT2D eigenvalue weighted by atomic mass is 9.90. The smallest absolute Gasteiger partial charge is 0.303 e. The van der Waals surface area contributed by atoms with Crippen LogP contribution in [0.3, 0.4) is 0 Å². The van der Waals surface area contributed by atoms with Crippen molar-refractivity contribution < 1.29 is 24.9 Å². The molecule has 0 spiro atoms. The molecule has 27 heavy (non-hydrogen) atoms. The summed E-state index contributed by atoms with van der Waals surface area (Å²) in [6.07, 6.45) is 17.2.